The summed E-state index contributed by atoms with van der Waals surface area (Å²) in [6.45, 7) is 4.83. The third-order valence-electron chi connectivity index (χ3n) is 7.39. The van der Waals surface area contributed by atoms with Crippen LogP contribution in [-0.2, 0) is 18.3 Å². The van der Waals surface area contributed by atoms with E-state index < -0.39 is 8.80 Å². The van der Waals surface area contributed by atoms with Gasteiger partial charge in [-0.05, 0) is 71.0 Å². The molecule has 0 atom stereocenters. The summed E-state index contributed by atoms with van der Waals surface area (Å²) < 4.78 is 13.1. The van der Waals surface area contributed by atoms with Crippen LogP contribution in [-0.4, -0.2) is 8.80 Å². The summed E-state index contributed by atoms with van der Waals surface area (Å²) in [5.74, 6) is -0.167. The lowest BCUT2D eigenvalue weighted by molar-refractivity contribution is 0.419. The maximum Gasteiger partial charge on any atom is 0.123 e. The SMILES string of the molecule is CCC[Si@H]1CC[C@](C)(c2ccc(-c3ccc(CCc4ccc(F)cc4)cc3)cc2)CC1. The van der Waals surface area contributed by atoms with Gasteiger partial charge in [0.15, 0.2) is 0 Å². The number of halogens is 1. The molecule has 0 bridgehead atoms. The Morgan fingerprint density at radius 2 is 1.23 bits per heavy atom. The average Bonchev–Trinajstić information content (AvgIpc) is 2.81. The Hall–Kier alpha value is -2.19. The quantitative estimate of drug-likeness (QED) is 0.333. The Morgan fingerprint density at radius 3 is 1.74 bits per heavy atom. The van der Waals surface area contributed by atoms with E-state index in [-0.39, 0.29) is 5.82 Å². The minimum absolute atomic E-state index is 0.167. The molecule has 0 N–H and O–H groups in total. The van der Waals surface area contributed by atoms with Gasteiger partial charge in [0.25, 0.3) is 0 Å². The Labute approximate surface area is 189 Å². The molecule has 1 heterocycles. The third kappa shape index (κ3) is 5.54. The molecule has 0 unspecified atom stereocenters. The van der Waals surface area contributed by atoms with E-state index in [0.29, 0.717) is 5.41 Å². The van der Waals surface area contributed by atoms with Gasteiger partial charge in [0, 0.05) is 8.80 Å². The standard InChI is InChI=1S/C29H35FSi/c1-3-20-31-21-18-29(2,19-22-31)27-14-12-26(13-15-27)25-10-6-23(7-11-25)4-5-24-8-16-28(30)17-9-24/h6-17,31H,3-5,18-22H2,1-2H3/t29-,31-. The van der Waals surface area contributed by atoms with E-state index in [1.807, 2.05) is 12.1 Å². The number of benzene rings is 3. The number of rotatable bonds is 7. The first-order valence-electron chi connectivity index (χ1n) is 12.0. The summed E-state index contributed by atoms with van der Waals surface area (Å²) in [6.07, 6.45) is 6.06. The molecule has 0 saturated carbocycles. The van der Waals surface area contributed by atoms with E-state index in [4.69, 9.17) is 0 Å². The molecular weight excluding hydrogens is 395 g/mol. The zero-order valence-corrected chi connectivity index (χ0v) is 20.2. The van der Waals surface area contributed by atoms with Crippen LogP contribution < -0.4 is 0 Å². The molecule has 0 aromatic heterocycles. The Morgan fingerprint density at radius 1 is 0.742 bits per heavy atom. The van der Waals surface area contributed by atoms with Crippen molar-refractivity contribution in [3.05, 3.63) is 95.3 Å². The molecule has 2 heteroatoms. The molecule has 0 amide bonds. The molecule has 1 aliphatic heterocycles. The van der Waals surface area contributed by atoms with Crippen molar-refractivity contribution in [2.75, 3.05) is 0 Å². The second-order valence-corrected chi connectivity index (χ2v) is 13.2. The fourth-order valence-corrected chi connectivity index (χ4v) is 8.94. The van der Waals surface area contributed by atoms with Gasteiger partial charge in [0.2, 0.25) is 0 Å². The van der Waals surface area contributed by atoms with Gasteiger partial charge in [-0.1, -0.05) is 99.1 Å². The number of hydrogen-bond acceptors (Lipinski definition) is 0. The van der Waals surface area contributed by atoms with Gasteiger partial charge in [0.05, 0.1) is 0 Å². The predicted molar refractivity (Wildman–Crippen MR) is 134 cm³/mol. The van der Waals surface area contributed by atoms with Crippen molar-refractivity contribution in [1.29, 1.82) is 0 Å². The second kappa shape index (κ2) is 9.95. The van der Waals surface area contributed by atoms with E-state index >= 15 is 0 Å². The zero-order chi connectivity index (χ0) is 21.7. The highest BCUT2D eigenvalue weighted by Gasteiger charge is 2.32. The molecular formula is C29H35FSi. The van der Waals surface area contributed by atoms with Crippen LogP contribution in [0.2, 0.25) is 18.1 Å². The van der Waals surface area contributed by atoms with Crippen molar-refractivity contribution in [3.8, 4) is 11.1 Å². The van der Waals surface area contributed by atoms with Gasteiger partial charge in [-0.3, -0.25) is 0 Å². The maximum atomic E-state index is 13.1. The molecule has 1 fully saturated rings. The largest absolute Gasteiger partial charge is 0.207 e. The van der Waals surface area contributed by atoms with Gasteiger partial charge in [-0.25, -0.2) is 4.39 Å². The number of aryl methyl sites for hydroxylation is 2. The van der Waals surface area contributed by atoms with Crippen LogP contribution >= 0.6 is 0 Å². The van der Waals surface area contributed by atoms with E-state index in [0.717, 1.165) is 12.8 Å². The highest BCUT2D eigenvalue weighted by molar-refractivity contribution is 6.59. The van der Waals surface area contributed by atoms with Crippen LogP contribution in [0.5, 0.6) is 0 Å². The zero-order valence-electron chi connectivity index (χ0n) is 19.0. The number of hydrogen-bond donors (Lipinski definition) is 0. The molecule has 31 heavy (non-hydrogen) atoms. The molecule has 0 aliphatic carbocycles. The lowest BCUT2D eigenvalue weighted by Gasteiger charge is -2.37. The summed E-state index contributed by atoms with van der Waals surface area (Å²) >= 11 is 0. The topological polar surface area (TPSA) is 0 Å². The molecule has 3 aromatic rings. The molecule has 0 spiro atoms. The highest BCUT2D eigenvalue weighted by Crippen LogP contribution is 2.41. The van der Waals surface area contributed by atoms with E-state index in [2.05, 4.69) is 62.4 Å². The Balaban J connectivity index is 1.37. The Kier molecular flexibility index (Phi) is 7.07. The minimum Gasteiger partial charge on any atom is -0.207 e. The monoisotopic (exact) mass is 430 g/mol. The van der Waals surface area contributed by atoms with Gasteiger partial charge >= 0.3 is 0 Å². The van der Waals surface area contributed by atoms with Crippen LogP contribution in [0.25, 0.3) is 11.1 Å². The lowest BCUT2D eigenvalue weighted by atomic mass is 9.77. The van der Waals surface area contributed by atoms with Crippen molar-refractivity contribution in [2.24, 2.45) is 0 Å². The first-order valence-corrected chi connectivity index (χ1v) is 14.4. The van der Waals surface area contributed by atoms with Crippen molar-refractivity contribution in [2.45, 2.75) is 69.5 Å². The highest BCUT2D eigenvalue weighted by atomic mass is 28.3. The van der Waals surface area contributed by atoms with Gasteiger partial charge in [-0.15, -0.1) is 0 Å². The van der Waals surface area contributed by atoms with Crippen molar-refractivity contribution < 1.29 is 4.39 Å². The maximum absolute atomic E-state index is 13.1. The molecule has 4 rings (SSSR count). The first-order chi connectivity index (χ1) is 15.1. The van der Waals surface area contributed by atoms with Crippen LogP contribution in [0.15, 0.2) is 72.8 Å². The van der Waals surface area contributed by atoms with Crippen molar-refractivity contribution >= 4 is 8.80 Å². The second-order valence-electron chi connectivity index (χ2n) is 9.69. The predicted octanol–water partition coefficient (Wildman–Crippen LogP) is 7.97. The fraction of sp³-hybridized carbons (Fsp3) is 0.379. The fourth-order valence-electron chi connectivity index (χ4n) is 5.17. The smallest absolute Gasteiger partial charge is 0.123 e. The Bertz CT molecular complexity index is 949. The van der Waals surface area contributed by atoms with E-state index in [1.165, 1.54) is 65.2 Å². The molecule has 1 saturated heterocycles. The van der Waals surface area contributed by atoms with E-state index in [9.17, 15) is 4.39 Å². The summed E-state index contributed by atoms with van der Waals surface area (Å²) in [5.41, 5.74) is 6.98. The van der Waals surface area contributed by atoms with Gasteiger partial charge in [-0.2, -0.15) is 0 Å². The van der Waals surface area contributed by atoms with Crippen LogP contribution in [0.1, 0.15) is 49.8 Å². The lowest BCUT2D eigenvalue weighted by Crippen LogP contribution is -2.31. The normalized spacial score (nSPS) is 21.2. The van der Waals surface area contributed by atoms with Crippen molar-refractivity contribution in [3.63, 3.8) is 0 Å². The van der Waals surface area contributed by atoms with E-state index in [1.54, 1.807) is 12.1 Å². The summed E-state index contributed by atoms with van der Waals surface area (Å²) in [6, 6.07) is 29.7. The molecule has 3 aromatic carbocycles. The minimum atomic E-state index is -0.441. The van der Waals surface area contributed by atoms with Crippen LogP contribution in [0, 0.1) is 5.82 Å². The summed E-state index contributed by atoms with van der Waals surface area (Å²) in [7, 11) is -0.441. The summed E-state index contributed by atoms with van der Waals surface area (Å²) in [5, 5.41) is 0. The molecule has 162 valence electrons. The molecule has 1 aliphatic rings. The molecule has 0 radical (unpaired) electrons. The third-order valence-corrected chi connectivity index (χ3v) is 11.0. The van der Waals surface area contributed by atoms with Gasteiger partial charge in [0.1, 0.15) is 5.82 Å². The van der Waals surface area contributed by atoms with Gasteiger partial charge < -0.3 is 0 Å². The summed E-state index contributed by atoms with van der Waals surface area (Å²) in [4.78, 5) is 0. The molecule has 0 nitrogen and oxygen atoms in total. The first kappa shape index (κ1) is 22.0. The average molecular weight is 431 g/mol. The van der Waals surface area contributed by atoms with Crippen molar-refractivity contribution in [1.82, 2.24) is 0 Å². The van der Waals surface area contributed by atoms with Crippen LogP contribution in [0.4, 0.5) is 4.39 Å². The van der Waals surface area contributed by atoms with Crippen LogP contribution in [0.3, 0.4) is 0 Å².